The molecule has 1 atom stereocenters. The highest BCUT2D eigenvalue weighted by molar-refractivity contribution is 5.85. The summed E-state index contributed by atoms with van der Waals surface area (Å²) in [5.74, 6) is -0.218. The van der Waals surface area contributed by atoms with E-state index in [2.05, 4.69) is 24.3 Å². The summed E-state index contributed by atoms with van der Waals surface area (Å²) in [5, 5.41) is 0. The zero-order valence-electron chi connectivity index (χ0n) is 12.8. The Balaban J connectivity index is 1.90. The van der Waals surface area contributed by atoms with E-state index in [0.717, 1.165) is 18.4 Å². The minimum absolute atomic E-state index is 0.0473. The number of likely N-dealkylation sites (tertiary alicyclic amines) is 1. The molecular formula is C17H23NO3. The van der Waals surface area contributed by atoms with Gasteiger partial charge in [0.25, 0.3) is 0 Å². The Labute approximate surface area is 126 Å². The fourth-order valence-corrected chi connectivity index (χ4v) is 2.70. The minimum atomic E-state index is -0.379. The molecule has 1 aliphatic rings. The molecule has 4 nitrogen and oxygen atoms in total. The third kappa shape index (κ3) is 4.06. The van der Waals surface area contributed by atoms with Gasteiger partial charge in [-0.15, -0.1) is 0 Å². The number of amides is 1. The Morgan fingerprint density at radius 3 is 2.67 bits per heavy atom. The fraction of sp³-hybridized carbons (Fsp3) is 0.529. The third-order valence-electron chi connectivity index (χ3n) is 3.88. The van der Waals surface area contributed by atoms with E-state index in [1.54, 1.807) is 11.8 Å². The van der Waals surface area contributed by atoms with Crippen LogP contribution in [0.2, 0.25) is 0 Å². The van der Waals surface area contributed by atoms with Crippen LogP contribution in [-0.4, -0.2) is 36.0 Å². The maximum absolute atomic E-state index is 12.3. The first-order valence-corrected chi connectivity index (χ1v) is 7.63. The van der Waals surface area contributed by atoms with Gasteiger partial charge in [-0.25, -0.2) is 4.79 Å². The van der Waals surface area contributed by atoms with Crippen LogP contribution in [-0.2, 0) is 20.7 Å². The molecule has 1 aromatic carbocycles. The van der Waals surface area contributed by atoms with Crippen LogP contribution >= 0.6 is 0 Å². The lowest BCUT2D eigenvalue weighted by molar-refractivity contribution is -0.153. The molecule has 0 aromatic heterocycles. The van der Waals surface area contributed by atoms with Gasteiger partial charge in [0.2, 0.25) is 5.91 Å². The average Bonchev–Trinajstić information content (AvgIpc) is 2.96. The molecule has 4 heteroatoms. The first-order chi connectivity index (χ1) is 10.1. The minimum Gasteiger partial charge on any atom is -0.464 e. The smallest absolute Gasteiger partial charge is 0.328 e. The summed E-state index contributed by atoms with van der Waals surface area (Å²) in [6.45, 7) is 4.86. The number of hydrogen-bond donors (Lipinski definition) is 0. The van der Waals surface area contributed by atoms with Gasteiger partial charge in [-0.05, 0) is 38.7 Å². The second kappa shape index (κ2) is 7.25. The number of aryl methyl sites for hydroxylation is 2. The van der Waals surface area contributed by atoms with Gasteiger partial charge in [-0.1, -0.05) is 29.8 Å². The van der Waals surface area contributed by atoms with Gasteiger partial charge in [0.15, 0.2) is 0 Å². The molecule has 1 unspecified atom stereocenters. The molecule has 0 spiro atoms. The van der Waals surface area contributed by atoms with E-state index in [1.807, 2.05) is 6.92 Å². The number of carbonyl (C=O) groups is 2. The number of nitrogens with zero attached hydrogens (tertiary/aromatic N) is 1. The summed E-state index contributed by atoms with van der Waals surface area (Å²) < 4.78 is 5.05. The van der Waals surface area contributed by atoms with Crippen molar-refractivity contribution in [3.63, 3.8) is 0 Å². The maximum Gasteiger partial charge on any atom is 0.328 e. The van der Waals surface area contributed by atoms with Crippen molar-refractivity contribution in [3.8, 4) is 0 Å². The van der Waals surface area contributed by atoms with Gasteiger partial charge < -0.3 is 9.64 Å². The van der Waals surface area contributed by atoms with Crippen molar-refractivity contribution < 1.29 is 14.3 Å². The topological polar surface area (TPSA) is 46.6 Å². The quantitative estimate of drug-likeness (QED) is 0.782. The summed E-state index contributed by atoms with van der Waals surface area (Å²) in [7, 11) is 0. The third-order valence-corrected chi connectivity index (χ3v) is 3.88. The highest BCUT2D eigenvalue weighted by Crippen LogP contribution is 2.20. The number of benzene rings is 1. The molecule has 21 heavy (non-hydrogen) atoms. The van der Waals surface area contributed by atoms with E-state index in [0.29, 0.717) is 26.0 Å². The van der Waals surface area contributed by atoms with E-state index in [9.17, 15) is 9.59 Å². The van der Waals surface area contributed by atoms with Crippen molar-refractivity contribution in [2.24, 2.45) is 0 Å². The molecule has 1 aromatic rings. The van der Waals surface area contributed by atoms with Crippen molar-refractivity contribution in [3.05, 3.63) is 35.4 Å². The first kappa shape index (κ1) is 15.5. The number of carbonyl (C=O) groups excluding carboxylic acids is 2. The van der Waals surface area contributed by atoms with Crippen LogP contribution in [0.15, 0.2) is 24.3 Å². The molecule has 1 saturated heterocycles. The van der Waals surface area contributed by atoms with Crippen LogP contribution in [0.3, 0.4) is 0 Å². The lowest BCUT2D eigenvalue weighted by Crippen LogP contribution is -2.41. The van der Waals surface area contributed by atoms with Crippen molar-refractivity contribution in [2.45, 2.75) is 45.6 Å². The fourth-order valence-electron chi connectivity index (χ4n) is 2.70. The standard InChI is InChI=1S/C17H23NO3/c1-3-21-17(20)15-5-4-12-18(15)16(19)11-10-14-8-6-13(2)7-9-14/h6-9,15H,3-5,10-12H2,1-2H3. The van der Waals surface area contributed by atoms with Crippen molar-refractivity contribution in [1.82, 2.24) is 4.90 Å². The molecule has 0 aliphatic carbocycles. The molecule has 1 heterocycles. The largest absolute Gasteiger partial charge is 0.464 e. The first-order valence-electron chi connectivity index (χ1n) is 7.63. The summed E-state index contributed by atoms with van der Waals surface area (Å²) in [4.78, 5) is 25.9. The van der Waals surface area contributed by atoms with E-state index in [1.165, 1.54) is 5.56 Å². The monoisotopic (exact) mass is 289 g/mol. The Bertz CT molecular complexity index is 495. The van der Waals surface area contributed by atoms with Crippen LogP contribution in [0.25, 0.3) is 0 Å². The maximum atomic E-state index is 12.3. The molecule has 2 rings (SSSR count). The van der Waals surface area contributed by atoms with E-state index >= 15 is 0 Å². The molecular weight excluding hydrogens is 266 g/mol. The predicted molar refractivity (Wildman–Crippen MR) is 80.9 cm³/mol. The van der Waals surface area contributed by atoms with Crippen LogP contribution in [0.4, 0.5) is 0 Å². The van der Waals surface area contributed by atoms with Gasteiger partial charge in [-0.3, -0.25) is 4.79 Å². The summed E-state index contributed by atoms with van der Waals surface area (Å²) >= 11 is 0. The highest BCUT2D eigenvalue weighted by Gasteiger charge is 2.34. The SMILES string of the molecule is CCOC(=O)C1CCCN1C(=O)CCc1ccc(C)cc1. The molecule has 114 valence electrons. The molecule has 1 fully saturated rings. The van der Waals surface area contributed by atoms with E-state index in [4.69, 9.17) is 4.74 Å². The summed E-state index contributed by atoms with van der Waals surface area (Å²) in [6.07, 6.45) is 2.75. The van der Waals surface area contributed by atoms with Gasteiger partial charge in [-0.2, -0.15) is 0 Å². The molecule has 0 saturated carbocycles. The van der Waals surface area contributed by atoms with Crippen LogP contribution in [0.1, 0.15) is 37.3 Å². The zero-order chi connectivity index (χ0) is 15.2. The molecule has 0 bridgehead atoms. The Kier molecular flexibility index (Phi) is 5.37. The van der Waals surface area contributed by atoms with E-state index in [-0.39, 0.29) is 17.9 Å². The molecule has 0 radical (unpaired) electrons. The highest BCUT2D eigenvalue weighted by atomic mass is 16.5. The van der Waals surface area contributed by atoms with Crippen LogP contribution in [0, 0.1) is 6.92 Å². The molecule has 1 amide bonds. The lowest BCUT2D eigenvalue weighted by atomic mass is 10.1. The Hall–Kier alpha value is -1.84. The average molecular weight is 289 g/mol. The zero-order valence-corrected chi connectivity index (χ0v) is 12.8. The van der Waals surface area contributed by atoms with Crippen LogP contribution < -0.4 is 0 Å². The van der Waals surface area contributed by atoms with Gasteiger partial charge in [0.1, 0.15) is 6.04 Å². The van der Waals surface area contributed by atoms with Gasteiger partial charge >= 0.3 is 5.97 Å². The number of ether oxygens (including phenoxy) is 1. The summed E-state index contributed by atoms with van der Waals surface area (Å²) in [5.41, 5.74) is 2.37. The van der Waals surface area contributed by atoms with Crippen molar-refractivity contribution in [2.75, 3.05) is 13.2 Å². The van der Waals surface area contributed by atoms with Crippen molar-refractivity contribution in [1.29, 1.82) is 0 Å². The van der Waals surface area contributed by atoms with E-state index < -0.39 is 0 Å². The normalized spacial score (nSPS) is 17.8. The van der Waals surface area contributed by atoms with Gasteiger partial charge in [0.05, 0.1) is 6.61 Å². The Morgan fingerprint density at radius 1 is 1.29 bits per heavy atom. The number of rotatable bonds is 5. The lowest BCUT2D eigenvalue weighted by Gasteiger charge is -2.23. The predicted octanol–water partition coefficient (Wildman–Crippen LogP) is 2.48. The molecule has 0 N–H and O–H groups in total. The number of esters is 1. The second-order valence-corrected chi connectivity index (χ2v) is 5.48. The van der Waals surface area contributed by atoms with Crippen molar-refractivity contribution >= 4 is 11.9 Å². The number of hydrogen-bond acceptors (Lipinski definition) is 3. The summed E-state index contributed by atoms with van der Waals surface area (Å²) in [6, 6.07) is 7.83. The molecule has 1 aliphatic heterocycles. The Morgan fingerprint density at radius 2 is 2.00 bits per heavy atom. The van der Waals surface area contributed by atoms with Crippen LogP contribution in [0.5, 0.6) is 0 Å². The van der Waals surface area contributed by atoms with Gasteiger partial charge in [0, 0.05) is 13.0 Å². The second-order valence-electron chi connectivity index (χ2n) is 5.48.